The highest BCUT2D eigenvalue weighted by Gasteiger charge is 2.45. The molecule has 3 rings (SSSR count). The van der Waals surface area contributed by atoms with Crippen molar-refractivity contribution in [2.24, 2.45) is 5.92 Å². The van der Waals surface area contributed by atoms with Gasteiger partial charge < -0.3 is 20.3 Å². The second-order valence-corrected chi connectivity index (χ2v) is 6.30. The van der Waals surface area contributed by atoms with Gasteiger partial charge in [0, 0.05) is 12.0 Å². The predicted octanol–water partition coefficient (Wildman–Crippen LogP) is 2.75. The average molecular weight is 291 g/mol. The minimum Gasteiger partial charge on any atom is -0.504 e. The molecule has 2 fully saturated rings. The lowest BCUT2D eigenvalue weighted by Gasteiger charge is -2.48. The molecule has 1 heterocycles. The minimum absolute atomic E-state index is 0.142. The highest BCUT2D eigenvalue weighted by molar-refractivity contribution is 5.43. The Balaban J connectivity index is 1.89. The van der Waals surface area contributed by atoms with E-state index in [0.717, 1.165) is 37.8 Å². The van der Waals surface area contributed by atoms with Crippen LogP contribution in [0.1, 0.15) is 50.6 Å². The highest BCUT2D eigenvalue weighted by atomic mass is 16.5. The van der Waals surface area contributed by atoms with E-state index in [1.807, 2.05) is 19.1 Å². The quantitative estimate of drug-likeness (QED) is 0.801. The molecule has 116 valence electrons. The summed E-state index contributed by atoms with van der Waals surface area (Å²) in [5.74, 6) is 0.955. The summed E-state index contributed by atoms with van der Waals surface area (Å²) in [6.07, 6.45) is 5.11. The smallest absolute Gasteiger partial charge is 0.161 e. The summed E-state index contributed by atoms with van der Waals surface area (Å²) in [6, 6.07) is 5.69. The Hall–Kier alpha value is -1.26. The maximum atomic E-state index is 10.9. The second kappa shape index (κ2) is 5.85. The van der Waals surface area contributed by atoms with Gasteiger partial charge in [-0.2, -0.15) is 0 Å². The van der Waals surface area contributed by atoms with Crippen LogP contribution in [0.25, 0.3) is 0 Å². The molecule has 4 heteroatoms. The first-order valence-corrected chi connectivity index (χ1v) is 8.05. The number of piperidine rings is 1. The molecule has 2 aliphatic rings. The lowest BCUT2D eigenvalue weighted by Crippen LogP contribution is -2.53. The first-order chi connectivity index (χ1) is 10.1. The molecule has 4 nitrogen and oxygen atoms in total. The normalized spacial score (nSPS) is 32.5. The predicted molar refractivity (Wildman–Crippen MR) is 81.5 cm³/mol. The molecule has 1 aliphatic carbocycles. The molecule has 3 atom stereocenters. The van der Waals surface area contributed by atoms with Crippen LogP contribution in [0.5, 0.6) is 11.5 Å². The maximum absolute atomic E-state index is 10.9. The number of fused-ring (bicyclic) bond motifs is 1. The van der Waals surface area contributed by atoms with Crippen molar-refractivity contribution in [2.45, 2.75) is 50.7 Å². The van der Waals surface area contributed by atoms with E-state index in [1.54, 1.807) is 6.07 Å². The van der Waals surface area contributed by atoms with E-state index in [-0.39, 0.29) is 17.7 Å². The van der Waals surface area contributed by atoms with Crippen LogP contribution in [-0.4, -0.2) is 29.0 Å². The summed E-state index contributed by atoms with van der Waals surface area (Å²) >= 11 is 0. The molecule has 21 heavy (non-hydrogen) atoms. The SMILES string of the molecule is CCOc1cc([C@@H]2NCC[C@]3(O)CCCC[C@@H]23)ccc1O. The minimum atomic E-state index is -0.530. The third-order valence-corrected chi connectivity index (χ3v) is 5.03. The van der Waals surface area contributed by atoms with Gasteiger partial charge in [-0.1, -0.05) is 18.9 Å². The fourth-order valence-electron chi connectivity index (χ4n) is 3.97. The molecule has 1 saturated heterocycles. The Kier molecular flexibility index (Phi) is 4.09. The van der Waals surface area contributed by atoms with Gasteiger partial charge in [0.15, 0.2) is 11.5 Å². The highest BCUT2D eigenvalue weighted by Crippen LogP contribution is 2.46. The van der Waals surface area contributed by atoms with Crippen molar-refractivity contribution in [3.05, 3.63) is 23.8 Å². The van der Waals surface area contributed by atoms with Gasteiger partial charge in [-0.15, -0.1) is 0 Å². The van der Waals surface area contributed by atoms with E-state index >= 15 is 0 Å². The lowest BCUT2D eigenvalue weighted by atomic mass is 9.67. The van der Waals surface area contributed by atoms with Gasteiger partial charge in [0.2, 0.25) is 0 Å². The monoisotopic (exact) mass is 291 g/mol. The molecule has 0 spiro atoms. The standard InChI is InChI=1S/C17H25NO3/c1-2-21-15-11-12(6-7-14(15)19)16-13-5-3-4-8-17(13,20)9-10-18-16/h6-7,11,13,16,18-20H,2-5,8-10H2,1H3/t13-,16-,17+/m0/s1. The molecule has 1 saturated carbocycles. The second-order valence-electron chi connectivity index (χ2n) is 6.30. The van der Waals surface area contributed by atoms with Crippen LogP contribution in [0.2, 0.25) is 0 Å². The summed E-state index contributed by atoms with van der Waals surface area (Å²) in [5, 5.41) is 24.3. The summed E-state index contributed by atoms with van der Waals surface area (Å²) in [5.41, 5.74) is 0.568. The van der Waals surface area contributed by atoms with Gasteiger partial charge in [-0.25, -0.2) is 0 Å². The fourth-order valence-corrected chi connectivity index (χ4v) is 3.97. The Morgan fingerprint density at radius 1 is 1.33 bits per heavy atom. The van der Waals surface area contributed by atoms with Gasteiger partial charge in [-0.05, 0) is 50.4 Å². The summed E-state index contributed by atoms with van der Waals surface area (Å²) < 4.78 is 5.49. The summed E-state index contributed by atoms with van der Waals surface area (Å²) in [7, 11) is 0. The average Bonchev–Trinajstić information content (AvgIpc) is 2.48. The molecular formula is C17H25NO3. The molecular weight excluding hydrogens is 266 g/mol. The lowest BCUT2D eigenvalue weighted by molar-refractivity contribution is -0.0861. The number of rotatable bonds is 3. The molecule has 0 radical (unpaired) electrons. The molecule has 1 aromatic rings. The molecule has 0 unspecified atom stereocenters. The number of aromatic hydroxyl groups is 1. The van der Waals surface area contributed by atoms with Crippen LogP contribution in [-0.2, 0) is 0 Å². The Labute approximate surface area is 126 Å². The van der Waals surface area contributed by atoms with Crippen molar-refractivity contribution in [1.82, 2.24) is 5.32 Å². The largest absolute Gasteiger partial charge is 0.504 e. The van der Waals surface area contributed by atoms with Crippen LogP contribution >= 0.6 is 0 Å². The number of phenols is 1. The zero-order valence-electron chi connectivity index (χ0n) is 12.6. The fraction of sp³-hybridized carbons (Fsp3) is 0.647. The van der Waals surface area contributed by atoms with E-state index < -0.39 is 5.60 Å². The van der Waals surface area contributed by atoms with Gasteiger partial charge in [-0.3, -0.25) is 0 Å². The molecule has 1 aliphatic heterocycles. The van der Waals surface area contributed by atoms with E-state index in [2.05, 4.69) is 5.32 Å². The topological polar surface area (TPSA) is 61.7 Å². The zero-order valence-corrected chi connectivity index (χ0v) is 12.6. The first-order valence-electron chi connectivity index (χ1n) is 8.05. The Bertz CT molecular complexity index is 501. The molecule has 3 N–H and O–H groups in total. The van der Waals surface area contributed by atoms with Crippen LogP contribution in [0, 0.1) is 5.92 Å². The van der Waals surface area contributed by atoms with Crippen LogP contribution in [0.4, 0.5) is 0 Å². The number of hydrogen-bond donors (Lipinski definition) is 3. The van der Waals surface area contributed by atoms with Gasteiger partial charge in [0.25, 0.3) is 0 Å². The maximum Gasteiger partial charge on any atom is 0.161 e. The number of phenolic OH excluding ortho intramolecular Hbond substituents is 1. The van der Waals surface area contributed by atoms with Crippen molar-refractivity contribution in [2.75, 3.05) is 13.2 Å². The number of aliphatic hydroxyl groups is 1. The molecule has 0 amide bonds. The van der Waals surface area contributed by atoms with E-state index in [9.17, 15) is 10.2 Å². The van der Waals surface area contributed by atoms with Crippen molar-refractivity contribution in [3.8, 4) is 11.5 Å². The van der Waals surface area contributed by atoms with E-state index in [4.69, 9.17) is 4.74 Å². The third-order valence-electron chi connectivity index (χ3n) is 5.03. The van der Waals surface area contributed by atoms with Gasteiger partial charge >= 0.3 is 0 Å². The van der Waals surface area contributed by atoms with E-state index in [1.165, 1.54) is 6.42 Å². The van der Waals surface area contributed by atoms with Crippen molar-refractivity contribution in [1.29, 1.82) is 0 Å². The number of hydrogen-bond acceptors (Lipinski definition) is 4. The number of ether oxygens (including phenoxy) is 1. The van der Waals surface area contributed by atoms with Gasteiger partial charge in [0.1, 0.15) is 0 Å². The van der Waals surface area contributed by atoms with Gasteiger partial charge in [0.05, 0.1) is 12.2 Å². The van der Waals surface area contributed by atoms with Crippen LogP contribution in [0.15, 0.2) is 18.2 Å². The Morgan fingerprint density at radius 2 is 2.19 bits per heavy atom. The zero-order chi connectivity index (χ0) is 14.9. The Morgan fingerprint density at radius 3 is 3.00 bits per heavy atom. The van der Waals surface area contributed by atoms with Crippen LogP contribution < -0.4 is 10.1 Å². The summed E-state index contributed by atoms with van der Waals surface area (Å²) in [6.45, 7) is 3.27. The number of benzene rings is 1. The van der Waals surface area contributed by atoms with E-state index in [0.29, 0.717) is 12.4 Å². The molecule has 0 bridgehead atoms. The number of nitrogens with one attached hydrogen (secondary N) is 1. The van der Waals surface area contributed by atoms with Crippen molar-refractivity contribution >= 4 is 0 Å². The van der Waals surface area contributed by atoms with Crippen molar-refractivity contribution in [3.63, 3.8) is 0 Å². The molecule has 0 aromatic heterocycles. The third kappa shape index (κ3) is 2.74. The summed E-state index contributed by atoms with van der Waals surface area (Å²) in [4.78, 5) is 0. The molecule has 1 aromatic carbocycles. The van der Waals surface area contributed by atoms with Crippen LogP contribution in [0.3, 0.4) is 0 Å². The van der Waals surface area contributed by atoms with Crippen molar-refractivity contribution < 1.29 is 14.9 Å². The first kappa shape index (κ1) is 14.7.